The van der Waals surface area contributed by atoms with Gasteiger partial charge in [-0.1, -0.05) is 20.3 Å². The number of aliphatic hydroxyl groups is 3. The summed E-state index contributed by atoms with van der Waals surface area (Å²) in [4.78, 5) is 204. The Labute approximate surface area is 498 Å². The van der Waals surface area contributed by atoms with Gasteiger partial charge in [0.05, 0.1) is 37.8 Å². The van der Waals surface area contributed by atoms with Gasteiger partial charge in [-0.05, 0) is 78.7 Å². The molecule has 492 valence electrons. The number of nitrogens with two attached hydrogens (primary N) is 3. The molecule has 12 amide bonds. The topological polar surface area (TPSA) is 625 Å². The summed E-state index contributed by atoms with van der Waals surface area (Å²) in [7, 11) is 0. The molecule has 14 atom stereocenters. The van der Waals surface area contributed by atoms with Crippen molar-refractivity contribution >= 4 is 94.8 Å². The van der Waals surface area contributed by atoms with Crippen molar-refractivity contribution in [2.45, 2.75) is 191 Å². The van der Waals surface area contributed by atoms with E-state index in [0.29, 0.717) is 6.42 Å². The number of carbonyl (C=O) groups excluding carboxylic acids is 12. The zero-order valence-electron chi connectivity index (χ0n) is 48.9. The minimum Gasteiger partial charge on any atom is -0.481 e. The molecule has 0 aliphatic rings. The van der Waals surface area contributed by atoms with Gasteiger partial charge >= 0.3 is 23.9 Å². The Hall–Kier alpha value is -8.68. The number of unbranched alkanes of at least 4 members (excludes halogenated alkanes) is 1. The van der Waals surface area contributed by atoms with Gasteiger partial charge in [0, 0.05) is 19.3 Å². The first-order valence-electron chi connectivity index (χ1n) is 27.4. The number of nitrogens with one attached hydrogen (secondary N) is 11. The molecule has 0 radical (unpaired) electrons. The van der Waals surface area contributed by atoms with Crippen LogP contribution in [0.25, 0.3) is 0 Å². The third-order valence-electron chi connectivity index (χ3n) is 12.9. The predicted molar refractivity (Wildman–Crippen MR) is 297 cm³/mol. The molecule has 0 aliphatic carbocycles. The number of rotatable bonds is 43. The van der Waals surface area contributed by atoms with Gasteiger partial charge in [0.15, 0.2) is 6.04 Å². The smallest absolute Gasteiger partial charge is 0.328 e. The molecule has 0 aliphatic heterocycles. The molecule has 0 heterocycles. The normalized spacial score (nSPS) is 15.8. The van der Waals surface area contributed by atoms with E-state index in [1.54, 1.807) is 6.92 Å². The largest absolute Gasteiger partial charge is 0.481 e. The summed E-state index contributed by atoms with van der Waals surface area (Å²) in [5, 5.41) is 92.5. The standard InChI is InChI=1S/C50H84N14O23/c1-7-21(2)37(48(84)63-38(24(5)66)49(85)56-23(4)41(77)58-27(10-8-9-17-51)44(80)64-39(25(6)67)50(86)87)62-45(81)29(13-16-35(72)73)59-46(82)30(18-36(74)75)60-47(83)31(20-65)61-43(79)28(12-15-34(70)71)57-33(69)19-54-40(76)22(3)55-42(78)26(52)11-14-32(53)68/h21-31,37-39,65-67H,7-20,51-52H2,1-6H3,(H2,53,68)(H,54,76)(H,55,78)(H,56,85)(H,57,69)(H,58,77)(H,59,82)(H,60,83)(H,61,79)(H,62,81)(H,63,84)(H,64,80)(H,70,71)(H,72,73)(H,74,75)(H,86,87)/t21-,22-,23-,24+,25+,26-,27-,28-,29-,30-,31-,37-,38-,39-/m0/s1. The molecule has 37 heteroatoms. The SMILES string of the molecule is CC[C@H](C)[C@H](NC(=O)[C@H](CCC(=O)O)NC(=O)[C@H](CC(=O)O)NC(=O)[C@H](CO)NC(=O)[C@H](CCC(=O)O)NC(=O)CNC(=O)[C@H](C)NC(=O)[C@@H](N)CCC(N)=O)C(=O)N[C@H](C(=O)N[C@@H](C)C(=O)N[C@@H](CCCCN)C(=O)N[C@H](C(=O)O)[C@@H](C)O)[C@@H](C)O. The van der Waals surface area contributed by atoms with Crippen LogP contribution in [-0.4, -0.2) is 229 Å². The van der Waals surface area contributed by atoms with Crippen molar-refractivity contribution in [1.82, 2.24) is 58.5 Å². The summed E-state index contributed by atoms with van der Waals surface area (Å²) in [5.41, 5.74) is 16.3. The first-order chi connectivity index (χ1) is 40.5. The van der Waals surface area contributed by atoms with E-state index in [4.69, 9.17) is 17.2 Å². The second kappa shape index (κ2) is 39.8. The highest BCUT2D eigenvalue weighted by Crippen LogP contribution is 2.12. The van der Waals surface area contributed by atoms with E-state index >= 15 is 0 Å². The second-order valence-corrected chi connectivity index (χ2v) is 20.2. The van der Waals surface area contributed by atoms with E-state index in [1.165, 1.54) is 13.8 Å². The van der Waals surface area contributed by atoms with Crippen LogP contribution in [-0.2, 0) is 76.7 Å². The van der Waals surface area contributed by atoms with Crippen LogP contribution in [0.2, 0.25) is 0 Å². The Kier molecular flexibility index (Phi) is 35.9. The highest BCUT2D eigenvalue weighted by Gasteiger charge is 2.38. The highest BCUT2D eigenvalue weighted by molar-refractivity contribution is 6.00. The summed E-state index contributed by atoms with van der Waals surface area (Å²) >= 11 is 0. The number of carboxylic acids is 4. The molecular weight excluding hydrogens is 1160 g/mol. The summed E-state index contributed by atoms with van der Waals surface area (Å²) in [5.74, 6) is -20.7. The number of carboxylic acid groups (broad SMARTS) is 4. The zero-order valence-corrected chi connectivity index (χ0v) is 48.9. The van der Waals surface area contributed by atoms with Crippen molar-refractivity contribution in [2.24, 2.45) is 23.1 Å². The first-order valence-corrected chi connectivity index (χ1v) is 27.4. The third kappa shape index (κ3) is 30.3. The quantitative estimate of drug-likeness (QED) is 0.0252. The number of aliphatic hydroxyl groups excluding tert-OH is 3. The fourth-order valence-corrected chi connectivity index (χ4v) is 7.52. The lowest BCUT2D eigenvalue weighted by molar-refractivity contribution is -0.145. The van der Waals surface area contributed by atoms with Crippen molar-refractivity contribution in [3.8, 4) is 0 Å². The van der Waals surface area contributed by atoms with Gasteiger partial charge in [-0.15, -0.1) is 0 Å². The Morgan fingerprint density at radius 3 is 1.34 bits per heavy atom. The lowest BCUT2D eigenvalue weighted by Crippen LogP contribution is -2.62. The monoisotopic (exact) mass is 1250 g/mol. The second-order valence-electron chi connectivity index (χ2n) is 20.2. The number of primary amides is 1. The lowest BCUT2D eigenvalue weighted by Gasteiger charge is -2.30. The van der Waals surface area contributed by atoms with Crippen LogP contribution in [0.15, 0.2) is 0 Å². The Balaban J connectivity index is 6.45. The number of hydrogen-bond donors (Lipinski definition) is 21. The third-order valence-corrected chi connectivity index (χ3v) is 12.9. The maximum Gasteiger partial charge on any atom is 0.328 e. The van der Waals surface area contributed by atoms with Crippen molar-refractivity contribution in [1.29, 1.82) is 0 Å². The summed E-state index contributed by atoms with van der Waals surface area (Å²) < 4.78 is 0. The van der Waals surface area contributed by atoms with Gasteiger partial charge in [0.1, 0.15) is 54.4 Å². The van der Waals surface area contributed by atoms with Crippen LogP contribution in [0.3, 0.4) is 0 Å². The highest BCUT2D eigenvalue weighted by atomic mass is 16.4. The van der Waals surface area contributed by atoms with E-state index in [9.17, 15) is 112 Å². The molecule has 37 nitrogen and oxygen atoms in total. The molecule has 0 unspecified atom stereocenters. The fourth-order valence-electron chi connectivity index (χ4n) is 7.52. The molecule has 0 rings (SSSR count). The Morgan fingerprint density at radius 1 is 0.437 bits per heavy atom. The van der Waals surface area contributed by atoms with E-state index < -0.39 is 225 Å². The first kappa shape index (κ1) is 78.3. The molecule has 0 bridgehead atoms. The lowest BCUT2D eigenvalue weighted by atomic mass is 9.96. The van der Waals surface area contributed by atoms with Gasteiger partial charge < -0.3 is 111 Å². The molecule has 0 spiro atoms. The molecule has 0 saturated carbocycles. The van der Waals surface area contributed by atoms with E-state index in [-0.39, 0.29) is 38.6 Å². The Morgan fingerprint density at radius 2 is 0.862 bits per heavy atom. The fraction of sp³-hybridized carbons (Fsp3) is 0.680. The van der Waals surface area contributed by atoms with E-state index in [2.05, 4.69) is 47.9 Å². The number of hydrogen-bond acceptors (Lipinski definition) is 21. The van der Waals surface area contributed by atoms with Crippen molar-refractivity contribution in [3.63, 3.8) is 0 Å². The van der Waals surface area contributed by atoms with E-state index in [1.807, 2.05) is 10.6 Å². The Bertz CT molecular complexity index is 2450. The number of aliphatic carboxylic acids is 4. The summed E-state index contributed by atoms with van der Waals surface area (Å²) in [6, 6.07) is -18.7. The summed E-state index contributed by atoms with van der Waals surface area (Å²) in [6.45, 7) is 5.60. The van der Waals surface area contributed by atoms with Gasteiger partial charge in [-0.3, -0.25) is 71.9 Å². The molecule has 0 aromatic heterocycles. The van der Waals surface area contributed by atoms with Crippen LogP contribution in [0, 0.1) is 5.92 Å². The van der Waals surface area contributed by atoms with Crippen LogP contribution in [0.1, 0.15) is 112 Å². The van der Waals surface area contributed by atoms with Crippen LogP contribution in [0.4, 0.5) is 0 Å². The number of carbonyl (C=O) groups is 16. The number of amides is 12. The predicted octanol–water partition coefficient (Wildman–Crippen LogP) is -9.20. The minimum absolute atomic E-state index is 0.0584. The molecular formula is C50H84N14O23. The average Bonchev–Trinajstić information content (AvgIpc) is 2.87. The van der Waals surface area contributed by atoms with Crippen LogP contribution >= 0.6 is 0 Å². The molecule has 0 aromatic carbocycles. The average molecular weight is 1250 g/mol. The van der Waals surface area contributed by atoms with Gasteiger partial charge in [0.2, 0.25) is 70.9 Å². The van der Waals surface area contributed by atoms with Gasteiger partial charge in [-0.25, -0.2) is 4.79 Å². The van der Waals surface area contributed by atoms with Gasteiger partial charge in [-0.2, -0.15) is 0 Å². The molecule has 24 N–H and O–H groups in total. The molecule has 0 saturated heterocycles. The minimum atomic E-state index is -2.19. The van der Waals surface area contributed by atoms with Gasteiger partial charge in [0.25, 0.3) is 0 Å². The molecule has 0 fully saturated rings. The maximum atomic E-state index is 14.0. The van der Waals surface area contributed by atoms with Crippen molar-refractivity contribution in [2.75, 3.05) is 19.7 Å². The molecule has 87 heavy (non-hydrogen) atoms. The van der Waals surface area contributed by atoms with E-state index in [0.717, 1.165) is 20.8 Å². The van der Waals surface area contributed by atoms with Crippen molar-refractivity contribution < 1.29 is 112 Å². The van der Waals surface area contributed by atoms with Crippen LogP contribution in [0.5, 0.6) is 0 Å². The zero-order chi connectivity index (χ0) is 67.0. The van der Waals surface area contributed by atoms with Crippen molar-refractivity contribution in [3.05, 3.63) is 0 Å². The molecule has 0 aromatic rings. The van der Waals surface area contributed by atoms with Crippen LogP contribution < -0.4 is 75.7 Å². The summed E-state index contributed by atoms with van der Waals surface area (Å²) in [6.07, 6.45) is -7.25. The maximum absolute atomic E-state index is 14.0.